The van der Waals surface area contributed by atoms with Crippen LogP contribution < -0.4 is 4.74 Å². The summed E-state index contributed by atoms with van der Waals surface area (Å²) in [6.07, 6.45) is 2.12. The number of hydrogen-bond donors (Lipinski definition) is 0. The molecule has 1 fully saturated rings. The van der Waals surface area contributed by atoms with Crippen molar-refractivity contribution in [1.82, 2.24) is 0 Å². The van der Waals surface area contributed by atoms with Gasteiger partial charge in [-0.3, -0.25) is 0 Å². The van der Waals surface area contributed by atoms with Gasteiger partial charge in [-0.05, 0) is 41.7 Å². The molecule has 114 valence electrons. The summed E-state index contributed by atoms with van der Waals surface area (Å²) in [6, 6.07) is 18.5. The first kappa shape index (κ1) is 15.3. The summed E-state index contributed by atoms with van der Waals surface area (Å²) >= 11 is 3.79. The summed E-state index contributed by atoms with van der Waals surface area (Å²) in [6.45, 7) is 0.807. The summed E-state index contributed by atoms with van der Waals surface area (Å²) in [5.74, 6) is 0.864. The van der Waals surface area contributed by atoms with Crippen molar-refractivity contribution in [3.05, 3.63) is 71.3 Å². The highest BCUT2D eigenvalue weighted by atomic mass is 79.9. The van der Waals surface area contributed by atoms with E-state index >= 15 is 0 Å². The van der Waals surface area contributed by atoms with Crippen molar-refractivity contribution in [2.75, 3.05) is 13.7 Å². The van der Waals surface area contributed by atoms with E-state index in [4.69, 9.17) is 9.47 Å². The van der Waals surface area contributed by atoms with Crippen LogP contribution in [0.4, 0.5) is 0 Å². The van der Waals surface area contributed by atoms with E-state index in [2.05, 4.69) is 46.3 Å². The van der Waals surface area contributed by atoms with Crippen molar-refractivity contribution in [2.45, 2.75) is 18.9 Å². The second-order valence-electron chi connectivity index (χ2n) is 5.34. The molecular weight excluding hydrogens is 340 g/mol. The van der Waals surface area contributed by atoms with Gasteiger partial charge < -0.3 is 9.47 Å². The normalized spacial score (nSPS) is 20.5. The zero-order valence-electron chi connectivity index (χ0n) is 12.6. The Morgan fingerprint density at radius 3 is 2.73 bits per heavy atom. The van der Waals surface area contributed by atoms with Crippen molar-refractivity contribution in [3.8, 4) is 5.75 Å². The SMILES string of the molecule is COc1cccc(/C(Br)=C2/CCCO[C@H]2c2ccccc2)c1. The van der Waals surface area contributed by atoms with Gasteiger partial charge in [-0.1, -0.05) is 58.4 Å². The summed E-state index contributed by atoms with van der Waals surface area (Å²) < 4.78 is 12.5. The fourth-order valence-corrected chi connectivity index (χ4v) is 3.44. The quantitative estimate of drug-likeness (QED) is 0.735. The average Bonchev–Trinajstić information content (AvgIpc) is 2.62. The van der Waals surface area contributed by atoms with Gasteiger partial charge in [-0.15, -0.1) is 0 Å². The van der Waals surface area contributed by atoms with Gasteiger partial charge in [0.1, 0.15) is 11.9 Å². The number of rotatable bonds is 3. The monoisotopic (exact) mass is 358 g/mol. The summed E-state index contributed by atoms with van der Waals surface area (Å²) in [5, 5.41) is 0. The molecule has 1 atom stereocenters. The van der Waals surface area contributed by atoms with Crippen molar-refractivity contribution in [1.29, 1.82) is 0 Å². The molecular formula is C19H19BrO2. The Labute approximate surface area is 139 Å². The highest BCUT2D eigenvalue weighted by Crippen LogP contribution is 2.40. The molecule has 0 radical (unpaired) electrons. The van der Waals surface area contributed by atoms with Gasteiger partial charge >= 0.3 is 0 Å². The zero-order chi connectivity index (χ0) is 15.4. The predicted octanol–water partition coefficient (Wildman–Crippen LogP) is 5.35. The van der Waals surface area contributed by atoms with E-state index < -0.39 is 0 Å². The lowest BCUT2D eigenvalue weighted by molar-refractivity contribution is 0.0532. The fraction of sp³-hybridized carbons (Fsp3) is 0.263. The van der Waals surface area contributed by atoms with Crippen LogP contribution in [0.1, 0.15) is 30.1 Å². The summed E-state index contributed by atoms with van der Waals surface area (Å²) in [4.78, 5) is 0. The van der Waals surface area contributed by atoms with Crippen molar-refractivity contribution >= 4 is 20.4 Å². The molecule has 0 aromatic heterocycles. The minimum absolute atomic E-state index is 0.0236. The maximum Gasteiger partial charge on any atom is 0.119 e. The van der Waals surface area contributed by atoms with E-state index in [1.165, 1.54) is 11.1 Å². The molecule has 0 unspecified atom stereocenters. The lowest BCUT2D eigenvalue weighted by atomic mass is 9.93. The van der Waals surface area contributed by atoms with E-state index in [0.29, 0.717) is 0 Å². The van der Waals surface area contributed by atoms with E-state index in [0.717, 1.165) is 35.2 Å². The Kier molecular flexibility index (Phi) is 4.96. The molecule has 2 aromatic rings. The molecule has 0 N–H and O–H groups in total. The molecule has 2 nitrogen and oxygen atoms in total. The molecule has 1 aliphatic heterocycles. The van der Waals surface area contributed by atoms with Gasteiger partial charge in [0.25, 0.3) is 0 Å². The molecule has 3 heteroatoms. The van der Waals surface area contributed by atoms with Crippen LogP contribution in [0.25, 0.3) is 4.48 Å². The topological polar surface area (TPSA) is 18.5 Å². The first-order valence-corrected chi connectivity index (χ1v) is 8.28. The first-order chi connectivity index (χ1) is 10.8. The molecule has 0 aliphatic carbocycles. The lowest BCUT2D eigenvalue weighted by Crippen LogP contribution is -2.15. The van der Waals surface area contributed by atoms with Crippen LogP contribution in [0.2, 0.25) is 0 Å². The number of ether oxygens (including phenoxy) is 2. The smallest absolute Gasteiger partial charge is 0.119 e. The van der Waals surface area contributed by atoms with Crippen LogP contribution in [0, 0.1) is 0 Å². The van der Waals surface area contributed by atoms with Crippen LogP contribution in [0.5, 0.6) is 5.75 Å². The van der Waals surface area contributed by atoms with Crippen molar-refractivity contribution < 1.29 is 9.47 Å². The molecule has 0 bridgehead atoms. The molecule has 1 heterocycles. The Bertz CT molecular complexity index is 664. The van der Waals surface area contributed by atoms with E-state index in [-0.39, 0.29) is 6.10 Å². The maximum absolute atomic E-state index is 6.06. The minimum atomic E-state index is 0.0236. The second kappa shape index (κ2) is 7.12. The Balaban J connectivity index is 2.01. The molecule has 1 saturated heterocycles. The third-order valence-corrected chi connectivity index (χ3v) is 4.87. The van der Waals surface area contributed by atoms with E-state index in [1.54, 1.807) is 7.11 Å². The number of benzene rings is 2. The zero-order valence-corrected chi connectivity index (χ0v) is 14.2. The summed E-state index contributed by atoms with van der Waals surface area (Å²) in [5.41, 5.74) is 3.63. The van der Waals surface area contributed by atoms with Gasteiger partial charge in [0.05, 0.1) is 7.11 Å². The number of hydrogen-bond acceptors (Lipinski definition) is 2. The standard InChI is InChI=1S/C19H19BrO2/c1-21-16-10-5-9-15(13-16)18(20)17-11-6-12-22-19(17)14-7-3-2-4-8-14/h2-5,7-10,13,19H,6,11-12H2,1H3/b18-17+/t19-/m0/s1. The average molecular weight is 359 g/mol. The predicted molar refractivity (Wildman–Crippen MR) is 93.2 cm³/mol. The second-order valence-corrected chi connectivity index (χ2v) is 6.13. The van der Waals surface area contributed by atoms with Crippen LogP contribution in [0.3, 0.4) is 0 Å². The highest BCUT2D eigenvalue weighted by molar-refractivity contribution is 9.15. The largest absolute Gasteiger partial charge is 0.497 e. The molecule has 22 heavy (non-hydrogen) atoms. The third-order valence-electron chi connectivity index (χ3n) is 3.90. The Morgan fingerprint density at radius 1 is 1.14 bits per heavy atom. The number of halogens is 1. The molecule has 0 amide bonds. The van der Waals surface area contributed by atoms with Crippen LogP contribution in [0.15, 0.2) is 60.2 Å². The van der Waals surface area contributed by atoms with Crippen LogP contribution in [-0.2, 0) is 4.74 Å². The van der Waals surface area contributed by atoms with Gasteiger partial charge in [-0.25, -0.2) is 0 Å². The molecule has 3 rings (SSSR count). The van der Waals surface area contributed by atoms with Crippen LogP contribution in [-0.4, -0.2) is 13.7 Å². The van der Waals surface area contributed by atoms with Gasteiger partial charge in [-0.2, -0.15) is 0 Å². The molecule has 0 spiro atoms. The molecule has 2 aromatic carbocycles. The first-order valence-electron chi connectivity index (χ1n) is 7.49. The lowest BCUT2D eigenvalue weighted by Gasteiger charge is -2.28. The Morgan fingerprint density at radius 2 is 1.95 bits per heavy atom. The van der Waals surface area contributed by atoms with E-state index in [1.807, 2.05) is 24.3 Å². The Hall–Kier alpha value is -1.58. The van der Waals surface area contributed by atoms with Crippen LogP contribution >= 0.6 is 15.9 Å². The molecule has 1 aliphatic rings. The van der Waals surface area contributed by atoms with Crippen molar-refractivity contribution in [2.24, 2.45) is 0 Å². The number of methoxy groups -OCH3 is 1. The highest BCUT2D eigenvalue weighted by Gasteiger charge is 2.24. The van der Waals surface area contributed by atoms with E-state index in [9.17, 15) is 0 Å². The third kappa shape index (κ3) is 3.26. The minimum Gasteiger partial charge on any atom is -0.497 e. The van der Waals surface area contributed by atoms with Crippen molar-refractivity contribution in [3.63, 3.8) is 0 Å². The summed E-state index contributed by atoms with van der Waals surface area (Å²) in [7, 11) is 1.69. The fourth-order valence-electron chi connectivity index (χ4n) is 2.79. The van der Waals surface area contributed by atoms with Gasteiger partial charge in [0, 0.05) is 11.1 Å². The van der Waals surface area contributed by atoms with Gasteiger partial charge in [0.15, 0.2) is 0 Å². The molecule has 0 saturated carbocycles. The maximum atomic E-state index is 6.06. The van der Waals surface area contributed by atoms with Gasteiger partial charge in [0.2, 0.25) is 0 Å².